The molecule has 4 heteroatoms. The fourth-order valence-corrected chi connectivity index (χ4v) is 1.81. The molecule has 1 amide bonds. The summed E-state index contributed by atoms with van der Waals surface area (Å²) in [6.07, 6.45) is 0.787. The monoisotopic (exact) mass is 185 g/mol. The molecule has 13 heavy (non-hydrogen) atoms. The van der Waals surface area contributed by atoms with Crippen molar-refractivity contribution in [1.29, 1.82) is 0 Å². The summed E-state index contributed by atoms with van der Waals surface area (Å²) in [6.45, 7) is 4.57. The van der Waals surface area contributed by atoms with Gasteiger partial charge in [-0.1, -0.05) is 13.8 Å². The number of hydrogen-bond donors (Lipinski definition) is 2. The second-order valence-electron chi connectivity index (χ2n) is 3.95. The quantitative estimate of drug-likeness (QED) is 0.628. The molecule has 1 rings (SSSR count). The number of rotatable bonds is 3. The first-order valence-corrected chi connectivity index (χ1v) is 4.53. The van der Waals surface area contributed by atoms with Gasteiger partial charge in [0.15, 0.2) is 0 Å². The van der Waals surface area contributed by atoms with E-state index < -0.39 is 11.9 Å². The molecule has 1 saturated heterocycles. The van der Waals surface area contributed by atoms with Gasteiger partial charge in [-0.25, -0.2) is 0 Å². The van der Waals surface area contributed by atoms with Gasteiger partial charge in [-0.05, 0) is 18.3 Å². The minimum Gasteiger partial charge on any atom is -0.481 e. The molecule has 1 aliphatic heterocycles. The fourth-order valence-electron chi connectivity index (χ4n) is 1.81. The number of aliphatic carboxylic acids is 1. The van der Waals surface area contributed by atoms with E-state index in [4.69, 9.17) is 5.11 Å². The number of carboxylic acid groups (broad SMARTS) is 1. The Balaban J connectivity index is 2.64. The van der Waals surface area contributed by atoms with Gasteiger partial charge in [-0.3, -0.25) is 9.59 Å². The number of carbonyl (C=O) groups is 2. The molecule has 1 aliphatic rings. The Morgan fingerprint density at radius 1 is 1.69 bits per heavy atom. The fraction of sp³-hybridized carbons (Fsp3) is 0.778. The van der Waals surface area contributed by atoms with Crippen LogP contribution in [0, 0.1) is 17.8 Å². The zero-order chi connectivity index (χ0) is 10.0. The molecule has 0 unspecified atom stereocenters. The summed E-state index contributed by atoms with van der Waals surface area (Å²) in [5.74, 6) is -1.77. The molecule has 2 N–H and O–H groups in total. The van der Waals surface area contributed by atoms with Crippen LogP contribution < -0.4 is 5.32 Å². The third-order valence-electron chi connectivity index (χ3n) is 2.33. The minimum absolute atomic E-state index is 0.0370. The summed E-state index contributed by atoms with van der Waals surface area (Å²) in [7, 11) is 0. The van der Waals surface area contributed by atoms with Gasteiger partial charge >= 0.3 is 5.97 Å². The van der Waals surface area contributed by atoms with Gasteiger partial charge in [-0.15, -0.1) is 0 Å². The van der Waals surface area contributed by atoms with Gasteiger partial charge in [0.1, 0.15) is 5.92 Å². The Morgan fingerprint density at radius 3 is 2.77 bits per heavy atom. The van der Waals surface area contributed by atoms with Crippen molar-refractivity contribution in [2.75, 3.05) is 6.54 Å². The molecule has 2 atom stereocenters. The van der Waals surface area contributed by atoms with Crippen LogP contribution in [0.15, 0.2) is 0 Å². The molecular formula is C9H15NO3. The van der Waals surface area contributed by atoms with E-state index in [0.29, 0.717) is 12.5 Å². The summed E-state index contributed by atoms with van der Waals surface area (Å²) in [5.41, 5.74) is 0. The Bertz CT molecular complexity index is 225. The van der Waals surface area contributed by atoms with Crippen molar-refractivity contribution >= 4 is 11.9 Å². The van der Waals surface area contributed by atoms with Gasteiger partial charge in [-0.2, -0.15) is 0 Å². The van der Waals surface area contributed by atoms with Crippen LogP contribution in [0.3, 0.4) is 0 Å². The van der Waals surface area contributed by atoms with Crippen molar-refractivity contribution in [2.45, 2.75) is 20.3 Å². The van der Waals surface area contributed by atoms with Gasteiger partial charge < -0.3 is 10.4 Å². The third-order valence-corrected chi connectivity index (χ3v) is 2.33. The minimum atomic E-state index is -0.999. The first-order valence-electron chi connectivity index (χ1n) is 4.53. The second kappa shape index (κ2) is 3.77. The predicted octanol–water partition coefficient (Wildman–Crippen LogP) is 0.479. The molecule has 0 saturated carbocycles. The summed E-state index contributed by atoms with van der Waals surface area (Å²) < 4.78 is 0. The maximum Gasteiger partial charge on any atom is 0.316 e. The van der Waals surface area contributed by atoms with Crippen LogP contribution in [0.25, 0.3) is 0 Å². The van der Waals surface area contributed by atoms with Crippen molar-refractivity contribution in [3.63, 3.8) is 0 Å². The van der Waals surface area contributed by atoms with E-state index in [1.165, 1.54) is 0 Å². The van der Waals surface area contributed by atoms with E-state index in [1.54, 1.807) is 0 Å². The lowest BCUT2D eigenvalue weighted by Crippen LogP contribution is -2.27. The highest BCUT2D eigenvalue weighted by atomic mass is 16.4. The molecule has 0 aromatic carbocycles. The molecule has 1 heterocycles. The van der Waals surface area contributed by atoms with Gasteiger partial charge in [0.2, 0.25) is 5.91 Å². The van der Waals surface area contributed by atoms with Crippen LogP contribution in [0.2, 0.25) is 0 Å². The Morgan fingerprint density at radius 2 is 2.31 bits per heavy atom. The van der Waals surface area contributed by atoms with Crippen LogP contribution in [-0.2, 0) is 9.59 Å². The topological polar surface area (TPSA) is 66.4 Å². The van der Waals surface area contributed by atoms with Crippen LogP contribution in [0.4, 0.5) is 0 Å². The van der Waals surface area contributed by atoms with Crippen LogP contribution in [0.1, 0.15) is 20.3 Å². The van der Waals surface area contributed by atoms with Crippen molar-refractivity contribution < 1.29 is 14.7 Å². The number of amides is 1. The molecule has 1 fully saturated rings. The number of nitrogens with one attached hydrogen (secondary N) is 1. The Hall–Kier alpha value is -1.06. The maximum absolute atomic E-state index is 11.1. The average molecular weight is 185 g/mol. The summed E-state index contributed by atoms with van der Waals surface area (Å²) in [6, 6.07) is 0. The second-order valence-corrected chi connectivity index (χ2v) is 3.95. The van der Waals surface area contributed by atoms with Crippen molar-refractivity contribution in [3.05, 3.63) is 0 Å². The molecule has 74 valence electrons. The molecule has 0 aromatic heterocycles. The normalized spacial score (nSPS) is 27.8. The van der Waals surface area contributed by atoms with Crippen molar-refractivity contribution in [1.82, 2.24) is 5.32 Å². The van der Waals surface area contributed by atoms with E-state index in [-0.39, 0.29) is 11.8 Å². The largest absolute Gasteiger partial charge is 0.481 e. The molecular weight excluding hydrogens is 170 g/mol. The zero-order valence-electron chi connectivity index (χ0n) is 7.91. The highest BCUT2D eigenvalue weighted by Crippen LogP contribution is 2.24. The number of hydrogen-bond acceptors (Lipinski definition) is 2. The summed E-state index contributed by atoms with van der Waals surface area (Å²) in [4.78, 5) is 21.9. The first kappa shape index (κ1) is 10.0. The van der Waals surface area contributed by atoms with Gasteiger partial charge in [0.25, 0.3) is 0 Å². The lowest BCUT2D eigenvalue weighted by molar-refractivity contribution is -0.146. The first-order chi connectivity index (χ1) is 6.02. The Kier molecular flexibility index (Phi) is 2.90. The molecule has 0 aliphatic carbocycles. The number of carbonyl (C=O) groups excluding carboxylic acids is 1. The maximum atomic E-state index is 11.1. The predicted molar refractivity (Wildman–Crippen MR) is 47.1 cm³/mol. The Labute approximate surface area is 77.3 Å². The highest BCUT2D eigenvalue weighted by Gasteiger charge is 2.40. The standard InChI is InChI=1S/C9H15NO3/c1-5(2)3-6-4-10-8(11)7(6)9(12)13/h5-7H,3-4H2,1-2H3,(H,10,11)(H,12,13)/t6-,7-/m1/s1. The van der Waals surface area contributed by atoms with Crippen LogP contribution in [-0.4, -0.2) is 23.5 Å². The average Bonchev–Trinajstić information content (AvgIpc) is 2.30. The van der Waals surface area contributed by atoms with E-state index >= 15 is 0 Å². The van der Waals surface area contributed by atoms with Gasteiger partial charge in [0.05, 0.1) is 0 Å². The zero-order valence-corrected chi connectivity index (χ0v) is 7.91. The lowest BCUT2D eigenvalue weighted by Gasteiger charge is -2.14. The van der Waals surface area contributed by atoms with E-state index in [9.17, 15) is 9.59 Å². The highest BCUT2D eigenvalue weighted by molar-refractivity contribution is 5.98. The molecule has 0 aromatic rings. The van der Waals surface area contributed by atoms with E-state index in [0.717, 1.165) is 6.42 Å². The van der Waals surface area contributed by atoms with E-state index in [2.05, 4.69) is 5.32 Å². The summed E-state index contributed by atoms with van der Waals surface area (Å²) >= 11 is 0. The molecule has 4 nitrogen and oxygen atoms in total. The third kappa shape index (κ3) is 2.20. The van der Waals surface area contributed by atoms with E-state index in [1.807, 2.05) is 13.8 Å². The van der Waals surface area contributed by atoms with Crippen molar-refractivity contribution in [2.24, 2.45) is 17.8 Å². The smallest absolute Gasteiger partial charge is 0.316 e. The molecule has 0 bridgehead atoms. The number of carboxylic acids is 1. The SMILES string of the molecule is CC(C)C[C@@H]1CNC(=O)[C@@H]1C(=O)O. The lowest BCUT2D eigenvalue weighted by atomic mass is 9.88. The summed E-state index contributed by atoms with van der Waals surface area (Å²) in [5, 5.41) is 11.4. The van der Waals surface area contributed by atoms with Crippen LogP contribution >= 0.6 is 0 Å². The van der Waals surface area contributed by atoms with Crippen molar-refractivity contribution in [3.8, 4) is 0 Å². The van der Waals surface area contributed by atoms with Crippen LogP contribution in [0.5, 0.6) is 0 Å². The van der Waals surface area contributed by atoms with Gasteiger partial charge in [0, 0.05) is 6.54 Å². The molecule has 0 radical (unpaired) electrons. The molecule has 0 spiro atoms.